The molecule has 1 aromatic carbocycles. The van der Waals surface area contributed by atoms with E-state index in [1.807, 2.05) is 0 Å². The zero-order chi connectivity index (χ0) is 15.2. The van der Waals surface area contributed by atoms with Crippen LogP contribution in [0.25, 0.3) is 0 Å². The molecule has 0 bridgehead atoms. The van der Waals surface area contributed by atoms with Crippen LogP contribution >= 0.6 is 0 Å². The largest absolute Gasteiger partial charge is 0.390 e. The Bertz CT molecular complexity index is 544. The lowest BCUT2D eigenvalue weighted by Gasteiger charge is -2.08. The Labute approximate surface area is 113 Å². The Morgan fingerprint density at radius 2 is 2.05 bits per heavy atom. The van der Waals surface area contributed by atoms with Crippen molar-refractivity contribution in [3.05, 3.63) is 35.1 Å². The molecule has 3 N–H and O–H groups in total. The number of alkyl halides is 3. The molecule has 0 spiro atoms. The number of carbonyl (C=O) groups excluding carboxylic acids is 1. The van der Waals surface area contributed by atoms with Gasteiger partial charge in [0.25, 0.3) is 5.91 Å². The molecule has 1 rings (SSSR count). The van der Waals surface area contributed by atoms with Gasteiger partial charge in [-0.2, -0.15) is 13.2 Å². The van der Waals surface area contributed by atoms with Crippen molar-refractivity contribution in [2.24, 2.45) is 5.73 Å². The molecule has 0 radical (unpaired) electrons. The average molecular weight is 288 g/mol. The summed E-state index contributed by atoms with van der Waals surface area (Å²) in [5.41, 5.74) is 5.15. The second-order valence-corrected chi connectivity index (χ2v) is 3.82. The molecule has 7 heteroatoms. The molecule has 1 amide bonds. The van der Waals surface area contributed by atoms with Crippen LogP contribution in [0.15, 0.2) is 18.2 Å². The molecule has 1 aromatic rings. The van der Waals surface area contributed by atoms with E-state index in [1.54, 1.807) is 0 Å². The molecular formula is C13H12F4N2O. The first kappa shape index (κ1) is 16.0. The summed E-state index contributed by atoms with van der Waals surface area (Å²) in [7, 11) is 0. The monoisotopic (exact) mass is 288 g/mol. The molecule has 0 aliphatic rings. The normalized spacial score (nSPS) is 10.7. The predicted molar refractivity (Wildman–Crippen MR) is 65.3 cm³/mol. The van der Waals surface area contributed by atoms with Crippen LogP contribution < -0.4 is 11.1 Å². The van der Waals surface area contributed by atoms with Crippen LogP contribution in [-0.4, -0.2) is 25.2 Å². The number of rotatable bonds is 3. The van der Waals surface area contributed by atoms with Crippen molar-refractivity contribution in [1.82, 2.24) is 5.32 Å². The fourth-order valence-corrected chi connectivity index (χ4v) is 1.32. The van der Waals surface area contributed by atoms with E-state index < -0.39 is 30.9 Å². The van der Waals surface area contributed by atoms with Crippen LogP contribution in [0.1, 0.15) is 22.3 Å². The van der Waals surface area contributed by atoms with Crippen LogP contribution in [0, 0.1) is 17.7 Å². The molecule has 0 aromatic heterocycles. The minimum atomic E-state index is -4.35. The number of carbonyl (C=O) groups is 1. The molecule has 108 valence electrons. The molecular weight excluding hydrogens is 276 g/mol. The second kappa shape index (κ2) is 6.91. The number of nitrogens with two attached hydrogens (primary N) is 1. The molecule has 0 aliphatic heterocycles. The van der Waals surface area contributed by atoms with Crippen molar-refractivity contribution in [3.8, 4) is 11.8 Å². The summed E-state index contributed by atoms with van der Waals surface area (Å²) in [4.78, 5) is 11.5. The van der Waals surface area contributed by atoms with Crippen LogP contribution in [0.5, 0.6) is 0 Å². The maximum Gasteiger partial charge on any atom is 0.390 e. The standard InChI is InChI=1S/C13H12F4N2O/c14-11-8-10(4-3-9(11)2-1-6-18)12(20)19-7-5-13(15,16)17/h3-4,8H,5-7,18H2,(H,19,20). The number of halogens is 4. The number of nitrogens with one attached hydrogen (secondary N) is 1. The summed E-state index contributed by atoms with van der Waals surface area (Å²) in [6.07, 6.45) is -5.48. The van der Waals surface area contributed by atoms with Gasteiger partial charge in [0, 0.05) is 12.1 Å². The lowest BCUT2D eigenvalue weighted by molar-refractivity contribution is -0.132. The molecule has 0 aliphatic carbocycles. The van der Waals surface area contributed by atoms with Gasteiger partial charge in [0.15, 0.2) is 0 Å². The second-order valence-electron chi connectivity index (χ2n) is 3.82. The highest BCUT2D eigenvalue weighted by Crippen LogP contribution is 2.18. The van der Waals surface area contributed by atoms with Gasteiger partial charge >= 0.3 is 6.18 Å². The number of hydrogen-bond acceptors (Lipinski definition) is 2. The zero-order valence-corrected chi connectivity index (χ0v) is 10.4. The Kier molecular flexibility index (Phi) is 5.53. The molecule has 0 saturated carbocycles. The molecule has 0 fully saturated rings. The van der Waals surface area contributed by atoms with Gasteiger partial charge in [-0.1, -0.05) is 11.8 Å². The highest BCUT2D eigenvalue weighted by Gasteiger charge is 2.26. The predicted octanol–water partition coefficient (Wildman–Crippen LogP) is 1.82. The van der Waals surface area contributed by atoms with Crippen LogP contribution in [0.2, 0.25) is 0 Å². The molecule has 20 heavy (non-hydrogen) atoms. The Balaban J connectivity index is 2.68. The maximum absolute atomic E-state index is 13.5. The van der Waals surface area contributed by atoms with E-state index in [4.69, 9.17) is 5.73 Å². The van der Waals surface area contributed by atoms with E-state index in [2.05, 4.69) is 17.2 Å². The Morgan fingerprint density at radius 3 is 2.60 bits per heavy atom. The van der Waals surface area contributed by atoms with Crippen molar-refractivity contribution in [2.75, 3.05) is 13.1 Å². The molecule has 0 unspecified atom stereocenters. The highest BCUT2D eigenvalue weighted by atomic mass is 19.4. The summed E-state index contributed by atoms with van der Waals surface area (Å²) < 4.78 is 49.3. The summed E-state index contributed by atoms with van der Waals surface area (Å²) in [5, 5.41) is 2.06. The minimum absolute atomic E-state index is 0.0667. The van der Waals surface area contributed by atoms with Gasteiger partial charge in [-0.25, -0.2) is 4.39 Å². The van der Waals surface area contributed by atoms with Gasteiger partial charge < -0.3 is 11.1 Å². The summed E-state index contributed by atoms with van der Waals surface area (Å²) in [6.45, 7) is -0.488. The highest BCUT2D eigenvalue weighted by molar-refractivity contribution is 5.94. The topological polar surface area (TPSA) is 55.1 Å². The molecule has 0 heterocycles. The third kappa shape index (κ3) is 5.28. The molecule has 3 nitrogen and oxygen atoms in total. The summed E-state index contributed by atoms with van der Waals surface area (Å²) >= 11 is 0. The summed E-state index contributed by atoms with van der Waals surface area (Å²) in [5.74, 6) is 3.43. The lowest BCUT2D eigenvalue weighted by atomic mass is 10.1. The van der Waals surface area contributed by atoms with Gasteiger partial charge in [0.05, 0.1) is 18.5 Å². The third-order valence-corrected chi connectivity index (χ3v) is 2.25. The van der Waals surface area contributed by atoms with Crippen molar-refractivity contribution < 1.29 is 22.4 Å². The van der Waals surface area contributed by atoms with Gasteiger partial charge in [0.2, 0.25) is 0 Å². The van der Waals surface area contributed by atoms with E-state index in [9.17, 15) is 22.4 Å². The zero-order valence-electron chi connectivity index (χ0n) is 10.4. The number of hydrogen-bond donors (Lipinski definition) is 2. The first-order valence-electron chi connectivity index (χ1n) is 5.67. The van der Waals surface area contributed by atoms with E-state index >= 15 is 0 Å². The fraction of sp³-hybridized carbons (Fsp3) is 0.308. The van der Waals surface area contributed by atoms with Crippen LogP contribution in [0.3, 0.4) is 0 Å². The van der Waals surface area contributed by atoms with E-state index in [-0.39, 0.29) is 17.7 Å². The van der Waals surface area contributed by atoms with Crippen molar-refractivity contribution in [1.29, 1.82) is 0 Å². The number of amides is 1. The van der Waals surface area contributed by atoms with E-state index in [1.165, 1.54) is 12.1 Å². The van der Waals surface area contributed by atoms with Crippen molar-refractivity contribution in [2.45, 2.75) is 12.6 Å². The van der Waals surface area contributed by atoms with Crippen LogP contribution in [-0.2, 0) is 0 Å². The smallest absolute Gasteiger partial charge is 0.352 e. The average Bonchev–Trinajstić information content (AvgIpc) is 2.35. The minimum Gasteiger partial charge on any atom is -0.352 e. The van der Waals surface area contributed by atoms with Gasteiger partial charge in [-0.05, 0) is 18.2 Å². The van der Waals surface area contributed by atoms with Crippen LogP contribution in [0.4, 0.5) is 17.6 Å². The summed E-state index contributed by atoms with van der Waals surface area (Å²) in [6, 6.07) is 3.48. The Morgan fingerprint density at radius 1 is 1.35 bits per heavy atom. The first-order chi connectivity index (χ1) is 9.33. The van der Waals surface area contributed by atoms with Crippen molar-refractivity contribution >= 4 is 5.91 Å². The van der Waals surface area contributed by atoms with Gasteiger partial charge in [-0.15, -0.1) is 0 Å². The van der Waals surface area contributed by atoms with Gasteiger partial charge in [-0.3, -0.25) is 4.79 Å². The SMILES string of the molecule is NCC#Cc1ccc(C(=O)NCCC(F)(F)F)cc1F. The van der Waals surface area contributed by atoms with E-state index in [0.717, 1.165) is 6.07 Å². The molecule has 0 saturated heterocycles. The number of benzene rings is 1. The first-order valence-corrected chi connectivity index (χ1v) is 5.67. The van der Waals surface area contributed by atoms with Gasteiger partial charge in [0.1, 0.15) is 5.82 Å². The molecule has 0 atom stereocenters. The van der Waals surface area contributed by atoms with E-state index in [0.29, 0.717) is 0 Å². The Hall–Kier alpha value is -2.07. The lowest BCUT2D eigenvalue weighted by Crippen LogP contribution is -2.28. The maximum atomic E-state index is 13.5. The third-order valence-electron chi connectivity index (χ3n) is 2.25. The fourth-order valence-electron chi connectivity index (χ4n) is 1.32. The quantitative estimate of drug-likeness (QED) is 0.658. The van der Waals surface area contributed by atoms with Crippen molar-refractivity contribution in [3.63, 3.8) is 0 Å².